The topological polar surface area (TPSA) is 63.9 Å². The third-order valence-corrected chi connectivity index (χ3v) is 3.33. The van der Waals surface area contributed by atoms with E-state index in [4.69, 9.17) is 10.5 Å². The summed E-state index contributed by atoms with van der Waals surface area (Å²) in [7, 11) is 0. The van der Waals surface area contributed by atoms with Crippen molar-refractivity contribution in [2.75, 3.05) is 5.73 Å². The molecular weight excluding hydrogens is 274 g/mol. The van der Waals surface area contributed by atoms with Crippen LogP contribution in [0.1, 0.15) is 13.8 Å². The molecule has 22 heavy (non-hydrogen) atoms. The Morgan fingerprint density at radius 2 is 1.86 bits per heavy atom. The lowest BCUT2D eigenvalue weighted by Crippen LogP contribution is -2.05. The van der Waals surface area contributed by atoms with Crippen LogP contribution in [-0.4, -0.2) is 16.3 Å². The minimum Gasteiger partial charge on any atom is -0.491 e. The average molecular weight is 293 g/mol. The monoisotopic (exact) mass is 293 g/mol. The molecule has 2 aromatic carbocycles. The zero-order valence-electron chi connectivity index (χ0n) is 12.7. The number of H-pyrrole nitrogens is 1. The van der Waals surface area contributed by atoms with Crippen molar-refractivity contribution in [3.8, 4) is 28.3 Å². The fourth-order valence-electron chi connectivity index (χ4n) is 2.35. The summed E-state index contributed by atoms with van der Waals surface area (Å²) in [6, 6.07) is 17.7. The number of nitrogens with zero attached hydrogens (tertiary/aromatic N) is 1. The van der Waals surface area contributed by atoms with Gasteiger partial charge in [-0.05, 0) is 38.1 Å². The molecule has 0 aliphatic rings. The second-order valence-electron chi connectivity index (χ2n) is 5.45. The van der Waals surface area contributed by atoms with Crippen molar-refractivity contribution in [3.63, 3.8) is 0 Å². The molecule has 112 valence electrons. The van der Waals surface area contributed by atoms with Gasteiger partial charge < -0.3 is 10.5 Å². The summed E-state index contributed by atoms with van der Waals surface area (Å²) in [4.78, 5) is 0. The number of nitrogens with two attached hydrogens (primary N) is 1. The Hall–Kier alpha value is -2.75. The van der Waals surface area contributed by atoms with Gasteiger partial charge in [0.15, 0.2) is 0 Å². The summed E-state index contributed by atoms with van der Waals surface area (Å²) >= 11 is 0. The molecule has 0 aliphatic heterocycles. The van der Waals surface area contributed by atoms with Crippen LogP contribution in [0.4, 0.5) is 5.69 Å². The number of aromatic amines is 1. The molecule has 3 rings (SSSR count). The van der Waals surface area contributed by atoms with Gasteiger partial charge in [-0.1, -0.05) is 30.3 Å². The maximum Gasteiger partial charge on any atom is 0.120 e. The van der Waals surface area contributed by atoms with Crippen molar-refractivity contribution in [2.45, 2.75) is 20.0 Å². The van der Waals surface area contributed by atoms with E-state index in [1.54, 1.807) is 0 Å². The summed E-state index contributed by atoms with van der Waals surface area (Å²) in [6.07, 6.45) is 0.147. The normalized spacial score (nSPS) is 10.9. The Bertz CT molecular complexity index is 777. The quantitative estimate of drug-likeness (QED) is 0.711. The van der Waals surface area contributed by atoms with Crippen molar-refractivity contribution >= 4 is 5.69 Å². The first kappa shape index (κ1) is 14.2. The molecule has 0 bridgehead atoms. The van der Waals surface area contributed by atoms with E-state index < -0.39 is 0 Å². The minimum absolute atomic E-state index is 0.147. The maximum atomic E-state index is 6.01. The Labute approximate surface area is 129 Å². The molecule has 0 unspecified atom stereocenters. The highest BCUT2D eigenvalue weighted by atomic mass is 16.5. The molecule has 3 aromatic rings. The van der Waals surface area contributed by atoms with Crippen molar-refractivity contribution in [3.05, 3.63) is 54.6 Å². The first-order valence-corrected chi connectivity index (χ1v) is 7.31. The van der Waals surface area contributed by atoms with Gasteiger partial charge in [0.25, 0.3) is 0 Å². The van der Waals surface area contributed by atoms with Gasteiger partial charge in [-0.3, -0.25) is 5.10 Å². The molecule has 0 atom stereocenters. The van der Waals surface area contributed by atoms with E-state index in [0.29, 0.717) is 0 Å². The van der Waals surface area contributed by atoms with Gasteiger partial charge in [0, 0.05) is 16.8 Å². The molecule has 1 aromatic heterocycles. The van der Waals surface area contributed by atoms with E-state index in [2.05, 4.69) is 10.2 Å². The summed E-state index contributed by atoms with van der Waals surface area (Å²) in [5.41, 5.74) is 10.5. The van der Waals surface area contributed by atoms with E-state index in [0.717, 1.165) is 34.0 Å². The second-order valence-corrected chi connectivity index (χ2v) is 5.45. The molecule has 1 heterocycles. The highest BCUT2D eigenvalue weighted by Crippen LogP contribution is 2.29. The number of rotatable bonds is 4. The zero-order valence-corrected chi connectivity index (χ0v) is 12.7. The van der Waals surface area contributed by atoms with E-state index in [1.165, 1.54) is 0 Å². The third-order valence-electron chi connectivity index (χ3n) is 3.33. The summed E-state index contributed by atoms with van der Waals surface area (Å²) in [5, 5.41) is 7.44. The van der Waals surface area contributed by atoms with Crippen LogP contribution in [0.25, 0.3) is 22.5 Å². The smallest absolute Gasteiger partial charge is 0.120 e. The van der Waals surface area contributed by atoms with Crippen LogP contribution in [0.2, 0.25) is 0 Å². The van der Waals surface area contributed by atoms with Crippen LogP contribution in [0.15, 0.2) is 54.6 Å². The standard InChI is InChI=1S/C18H19N3O/c1-12(2)22-14-7-5-6-13(10-14)17-11-18(21-20-17)15-8-3-4-9-16(15)19/h3-12H,19H2,1-2H3,(H,20,21). The lowest BCUT2D eigenvalue weighted by molar-refractivity contribution is 0.242. The molecule has 0 spiro atoms. The molecule has 0 radical (unpaired) electrons. The largest absolute Gasteiger partial charge is 0.491 e. The molecule has 0 aliphatic carbocycles. The number of benzene rings is 2. The van der Waals surface area contributed by atoms with Gasteiger partial charge in [0.2, 0.25) is 0 Å². The summed E-state index contributed by atoms with van der Waals surface area (Å²) in [6.45, 7) is 4.02. The van der Waals surface area contributed by atoms with Crippen LogP contribution in [0.3, 0.4) is 0 Å². The Morgan fingerprint density at radius 1 is 1.05 bits per heavy atom. The lowest BCUT2D eigenvalue weighted by Gasteiger charge is -2.10. The van der Waals surface area contributed by atoms with Gasteiger partial charge in [-0.25, -0.2) is 0 Å². The van der Waals surface area contributed by atoms with E-state index >= 15 is 0 Å². The first-order chi connectivity index (χ1) is 10.6. The molecule has 3 N–H and O–H groups in total. The van der Waals surface area contributed by atoms with E-state index in [-0.39, 0.29) is 6.10 Å². The van der Waals surface area contributed by atoms with Crippen molar-refractivity contribution in [1.82, 2.24) is 10.2 Å². The third kappa shape index (κ3) is 2.96. The fraction of sp³-hybridized carbons (Fsp3) is 0.167. The SMILES string of the molecule is CC(C)Oc1cccc(-c2cc(-c3ccccc3N)[nH]n2)c1. The van der Waals surface area contributed by atoms with Crippen molar-refractivity contribution in [1.29, 1.82) is 0 Å². The van der Waals surface area contributed by atoms with Crippen LogP contribution >= 0.6 is 0 Å². The molecule has 0 saturated carbocycles. The second kappa shape index (κ2) is 5.93. The van der Waals surface area contributed by atoms with Gasteiger partial charge in [-0.2, -0.15) is 5.10 Å². The molecule has 0 fully saturated rings. The van der Waals surface area contributed by atoms with Crippen LogP contribution < -0.4 is 10.5 Å². The van der Waals surface area contributed by atoms with E-state index in [1.807, 2.05) is 68.4 Å². The minimum atomic E-state index is 0.147. The summed E-state index contributed by atoms with van der Waals surface area (Å²) < 4.78 is 5.73. The fourth-order valence-corrected chi connectivity index (χ4v) is 2.35. The molecule has 0 amide bonds. The number of nitrogens with one attached hydrogen (secondary N) is 1. The number of nitrogen functional groups attached to an aromatic ring is 1. The van der Waals surface area contributed by atoms with Gasteiger partial charge in [0.05, 0.1) is 17.5 Å². The Balaban J connectivity index is 1.93. The summed E-state index contributed by atoms with van der Waals surface area (Å²) in [5.74, 6) is 0.844. The Kier molecular flexibility index (Phi) is 3.83. The average Bonchev–Trinajstić information content (AvgIpc) is 2.97. The highest BCUT2D eigenvalue weighted by molar-refractivity contribution is 5.76. The van der Waals surface area contributed by atoms with Gasteiger partial charge in [-0.15, -0.1) is 0 Å². The predicted octanol–water partition coefficient (Wildman–Crippen LogP) is 4.11. The Morgan fingerprint density at radius 3 is 2.64 bits per heavy atom. The number of aromatic nitrogens is 2. The number of hydrogen-bond acceptors (Lipinski definition) is 3. The number of hydrogen-bond donors (Lipinski definition) is 2. The molecule has 4 nitrogen and oxygen atoms in total. The lowest BCUT2D eigenvalue weighted by atomic mass is 10.1. The van der Waals surface area contributed by atoms with Crippen molar-refractivity contribution in [2.24, 2.45) is 0 Å². The molecular formula is C18H19N3O. The van der Waals surface area contributed by atoms with Crippen molar-refractivity contribution < 1.29 is 4.74 Å². The van der Waals surface area contributed by atoms with Gasteiger partial charge >= 0.3 is 0 Å². The maximum absolute atomic E-state index is 6.01. The van der Waals surface area contributed by atoms with Gasteiger partial charge in [0.1, 0.15) is 5.75 Å². The first-order valence-electron chi connectivity index (χ1n) is 7.31. The number of ether oxygens (including phenoxy) is 1. The molecule has 0 saturated heterocycles. The van der Waals surface area contributed by atoms with Crippen LogP contribution in [-0.2, 0) is 0 Å². The highest BCUT2D eigenvalue weighted by Gasteiger charge is 2.09. The number of para-hydroxylation sites is 1. The van der Waals surface area contributed by atoms with Crippen LogP contribution in [0, 0.1) is 0 Å². The predicted molar refractivity (Wildman–Crippen MR) is 89.6 cm³/mol. The van der Waals surface area contributed by atoms with Crippen LogP contribution in [0.5, 0.6) is 5.75 Å². The zero-order chi connectivity index (χ0) is 15.5. The number of anilines is 1. The van der Waals surface area contributed by atoms with E-state index in [9.17, 15) is 0 Å². The molecule has 4 heteroatoms.